The van der Waals surface area contributed by atoms with E-state index >= 15 is 0 Å². The van der Waals surface area contributed by atoms with Crippen LogP contribution in [0.3, 0.4) is 0 Å². The molecule has 2 aromatic carbocycles. The monoisotopic (exact) mass is 410 g/mol. The lowest BCUT2D eigenvalue weighted by Gasteiger charge is -2.21. The number of sulfonamides is 1. The molecule has 0 aliphatic carbocycles. The third kappa shape index (κ3) is 4.99. The van der Waals surface area contributed by atoms with E-state index in [1.54, 1.807) is 25.1 Å². The molecule has 0 saturated heterocycles. The van der Waals surface area contributed by atoms with Gasteiger partial charge in [0.1, 0.15) is 17.3 Å². The molecule has 28 heavy (non-hydrogen) atoms. The summed E-state index contributed by atoms with van der Waals surface area (Å²) in [7, 11) is 0.422. The first kappa shape index (κ1) is 21.6. The maximum absolute atomic E-state index is 13.0. The molecule has 9 heteroatoms. The van der Waals surface area contributed by atoms with Crippen molar-refractivity contribution >= 4 is 15.9 Å². The minimum Gasteiger partial charge on any atom is -0.497 e. The number of methoxy groups -OCH3 is 2. The standard InChI is InChI=1S/C19H23FN2O5S/c1-13(17-11-15(26-3)7-10-18(17)27-4)21-19(23)12-22(2)28(24,25)16-8-5-14(20)6-9-16/h5-11,13H,12H2,1-4H3,(H,21,23). The Kier molecular flexibility index (Phi) is 6.98. The third-order valence-corrected chi connectivity index (χ3v) is 5.99. The van der Waals surface area contributed by atoms with Crippen LogP contribution in [0.2, 0.25) is 0 Å². The van der Waals surface area contributed by atoms with Crippen LogP contribution >= 0.6 is 0 Å². The van der Waals surface area contributed by atoms with Gasteiger partial charge in [-0.1, -0.05) is 0 Å². The van der Waals surface area contributed by atoms with Crippen LogP contribution in [-0.4, -0.2) is 46.4 Å². The highest BCUT2D eigenvalue weighted by Crippen LogP contribution is 2.29. The SMILES string of the molecule is COc1ccc(OC)c(C(C)NC(=O)CN(C)S(=O)(=O)c2ccc(F)cc2)c1. The number of hydrogen-bond donors (Lipinski definition) is 1. The largest absolute Gasteiger partial charge is 0.497 e. The van der Waals surface area contributed by atoms with Gasteiger partial charge >= 0.3 is 0 Å². The van der Waals surface area contributed by atoms with E-state index in [1.807, 2.05) is 0 Å². The van der Waals surface area contributed by atoms with Gasteiger partial charge in [-0.05, 0) is 49.4 Å². The Morgan fingerprint density at radius 3 is 2.36 bits per heavy atom. The molecule has 0 bridgehead atoms. The first-order chi connectivity index (χ1) is 13.2. The van der Waals surface area contributed by atoms with Crippen LogP contribution in [0.4, 0.5) is 4.39 Å². The highest BCUT2D eigenvalue weighted by atomic mass is 32.2. The molecule has 0 fully saturated rings. The number of likely N-dealkylation sites (N-methyl/N-ethyl adjacent to an activating group) is 1. The fraction of sp³-hybridized carbons (Fsp3) is 0.316. The highest BCUT2D eigenvalue weighted by Gasteiger charge is 2.24. The van der Waals surface area contributed by atoms with E-state index in [2.05, 4.69) is 5.32 Å². The number of halogens is 1. The molecule has 0 aliphatic rings. The van der Waals surface area contributed by atoms with Crippen LogP contribution in [0.1, 0.15) is 18.5 Å². The van der Waals surface area contributed by atoms with Crippen molar-refractivity contribution in [2.75, 3.05) is 27.8 Å². The van der Waals surface area contributed by atoms with Crippen molar-refractivity contribution in [3.8, 4) is 11.5 Å². The molecule has 152 valence electrons. The zero-order chi connectivity index (χ0) is 20.9. The van der Waals surface area contributed by atoms with Gasteiger partial charge in [0.05, 0.1) is 31.7 Å². The van der Waals surface area contributed by atoms with Crippen LogP contribution in [0.5, 0.6) is 11.5 Å². The van der Waals surface area contributed by atoms with Gasteiger partial charge in [-0.15, -0.1) is 0 Å². The third-order valence-electron chi connectivity index (χ3n) is 4.17. The molecule has 2 rings (SSSR count). The summed E-state index contributed by atoms with van der Waals surface area (Å²) in [6.07, 6.45) is 0. The van der Waals surface area contributed by atoms with Crippen LogP contribution in [0.15, 0.2) is 47.4 Å². The van der Waals surface area contributed by atoms with Gasteiger partial charge in [-0.3, -0.25) is 4.79 Å². The lowest BCUT2D eigenvalue weighted by Crippen LogP contribution is -2.39. The summed E-state index contributed by atoms with van der Waals surface area (Å²) in [6, 6.07) is 9.17. The second-order valence-electron chi connectivity index (χ2n) is 6.11. The smallest absolute Gasteiger partial charge is 0.243 e. The highest BCUT2D eigenvalue weighted by molar-refractivity contribution is 7.89. The number of carbonyl (C=O) groups is 1. The number of nitrogens with one attached hydrogen (secondary N) is 1. The number of nitrogens with zero attached hydrogens (tertiary/aromatic N) is 1. The van der Waals surface area contributed by atoms with Crippen molar-refractivity contribution in [1.82, 2.24) is 9.62 Å². The van der Waals surface area contributed by atoms with Gasteiger partial charge in [0.2, 0.25) is 15.9 Å². The van der Waals surface area contributed by atoms with E-state index in [0.717, 1.165) is 28.6 Å². The van der Waals surface area contributed by atoms with E-state index in [4.69, 9.17) is 9.47 Å². The molecule has 0 aromatic heterocycles. The lowest BCUT2D eigenvalue weighted by molar-refractivity contribution is -0.121. The van der Waals surface area contributed by atoms with Crippen molar-refractivity contribution < 1.29 is 27.1 Å². The summed E-state index contributed by atoms with van der Waals surface area (Å²) >= 11 is 0. The van der Waals surface area contributed by atoms with Gasteiger partial charge in [-0.2, -0.15) is 4.31 Å². The number of carbonyl (C=O) groups excluding carboxylic acids is 1. The number of rotatable bonds is 8. The fourth-order valence-corrected chi connectivity index (χ4v) is 3.74. The maximum Gasteiger partial charge on any atom is 0.243 e. The van der Waals surface area contributed by atoms with Crippen molar-refractivity contribution in [3.05, 3.63) is 53.8 Å². The zero-order valence-corrected chi connectivity index (χ0v) is 16.9. The van der Waals surface area contributed by atoms with Crippen molar-refractivity contribution in [2.24, 2.45) is 0 Å². The normalized spacial score (nSPS) is 12.5. The van der Waals surface area contributed by atoms with Crippen LogP contribution in [0, 0.1) is 5.82 Å². The second-order valence-corrected chi connectivity index (χ2v) is 8.16. The molecule has 1 N–H and O–H groups in total. The molecule has 0 radical (unpaired) electrons. The summed E-state index contributed by atoms with van der Waals surface area (Å²) in [6.45, 7) is 1.36. The summed E-state index contributed by atoms with van der Waals surface area (Å²) in [5.41, 5.74) is 0.694. The molecule has 0 spiro atoms. The zero-order valence-electron chi connectivity index (χ0n) is 16.1. The van der Waals surface area contributed by atoms with E-state index in [1.165, 1.54) is 21.3 Å². The number of hydrogen-bond acceptors (Lipinski definition) is 5. The molecule has 0 heterocycles. The number of ether oxygens (including phenoxy) is 2. The molecule has 7 nitrogen and oxygen atoms in total. The van der Waals surface area contributed by atoms with E-state index in [-0.39, 0.29) is 4.90 Å². The summed E-state index contributed by atoms with van der Waals surface area (Å²) in [5, 5.41) is 2.75. The quantitative estimate of drug-likeness (QED) is 0.722. The number of benzene rings is 2. The average Bonchev–Trinajstić information content (AvgIpc) is 2.67. The van der Waals surface area contributed by atoms with Crippen LogP contribution in [-0.2, 0) is 14.8 Å². The Labute approximate surface area is 164 Å². The summed E-state index contributed by atoms with van der Waals surface area (Å²) < 4.78 is 49.4. The predicted molar refractivity (Wildman–Crippen MR) is 102 cm³/mol. The summed E-state index contributed by atoms with van der Waals surface area (Å²) in [4.78, 5) is 12.3. The topological polar surface area (TPSA) is 84.9 Å². The molecule has 2 aromatic rings. The van der Waals surface area contributed by atoms with Gasteiger partial charge in [-0.25, -0.2) is 12.8 Å². The molecule has 1 amide bonds. The Balaban J connectivity index is 2.10. The lowest BCUT2D eigenvalue weighted by atomic mass is 10.1. The van der Waals surface area contributed by atoms with E-state index in [0.29, 0.717) is 17.1 Å². The minimum atomic E-state index is -3.91. The van der Waals surface area contributed by atoms with Crippen molar-refractivity contribution in [2.45, 2.75) is 17.9 Å². The average molecular weight is 410 g/mol. The molecule has 0 saturated carbocycles. The van der Waals surface area contributed by atoms with E-state index < -0.39 is 34.3 Å². The van der Waals surface area contributed by atoms with Crippen molar-refractivity contribution in [3.63, 3.8) is 0 Å². The molecule has 1 unspecified atom stereocenters. The van der Waals surface area contributed by atoms with Crippen LogP contribution in [0.25, 0.3) is 0 Å². The van der Waals surface area contributed by atoms with Gasteiger partial charge in [0, 0.05) is 12.6 Å². The first-order valence-corrected chi connectivity index (χ1v) is 9.86. The van der Waals surface area contributed by atoms with Crippen LogP contribution < -0.4 is 14.8 Å². The first-order valence-electron chi connectivity index (χ1n) is 8.42. The summed E-state index contributed by atoms with van der Waals surface area (Å²) in [5.74, 6) is 0.139. The predicted octanol–water partition coefficient (Wildman–Crippen LogP) is 2.34. The van der Waals surface area contributed by atoms with Crippen molar-refractivity contribution in [1.29, 1.82) is 0 Å². The minimum absolute atomic E-state index is 0.0910. The molecule has 1 atom stereocenters. The Bertz CT molecular complexity index is 932. The second kappa shape index (κ2) is 9.03. The Morgan fingerprint density at radius 1 is 1.14 bits per heavy atom. The number of amides is 1. The maximum atomic E-state index is 13.0. The van der Waals surface area contributed by atoms with Gasteiger partial charge < -0.3 is 14.8 Å². The molecular formula is C19H23FN2O5S. The Morgan fingerprint density at radius 2 is 1.79 bits per heavy atom. The van der Waals surface area contributed by atoms with Gasteiger partial charge in [0.25, 0.3) is 0 Å². The van der Waals surface area contributed by atoms with E-state index in [9.17, 15) is 17.6 Å². The Hall–Kier alpha value is -2.65. The molecule has 0 aliphatic heterocycles. The molecular weight excluding hydrogens is 387 g/mol. The fourth-order valence-electron chi connectivity index (χ4n) is 2.62. The van der Waals surface area contributed by atoms with Gasteiger partial charge in [0.15, 0.2) is 0 Å².